The van der Waals surface area contributed by atoms with Gasteiger partial charge in [-0.15, -0.1) is 11.8 Å². The average molecular weight is 280 g/mol. The van der Waals surface area contributed by atoms with Crippen LogP contribution in [0.1, 0.15) is 31.1 Å². The molecule has 104 valence electrons. The molecule has 0 bridgehead atoms. The van der Waals surface area contributed by atoms with Crippen LogP contribution in [0.5, 0.6) is 0 Å². The standard InChI is InChI=1S/C15H20O3S/c1-3-17-15(16)14(12-7-5-4-6-8-12)19-13-9-10-18-11(13)2/h4-8,11,13-14H,3,9-10H2,1-2H3. The zero-order valence-electron chi connectivity index (χ0n) is 11.4. The van der Waals surface area contributed by atoms with E-state index in [0.717, 1.165) is 18.6 Å². The van der Waals surface area contributed by atoms with E-state index in [1.165, 1.54) is 0 Å². The lowest BCUT2D eigenvalue weighted by molar-refractivity contribution is -0.142. The Morgan fingerprint density at radius 1 is 1.47 bits per heavy atom. The Bertz CT molecular complexity index is 407. The number of esters is 1. The smallest absolute Gasteiger partial charge is 0.323 e. The van der Waals surface area contributed by atoms with E-state index >= 15 is 0 Å². The van der Waals surface area contributed by atoms with Gasteiger partial charge in [0.15, 0.2) is 0 Å². The third-order valence-corrected chi connectivity index (χ3v) is 4.93. The number of hydrogen-bond acceptors (Lipinski definition) is 4. The fourth-order valence-electron chi connectivity index (χ4n) is 2.18. The van der Waals surface area contributed by atoms with Gasteiger partial charge >= 0.3 is 5.97 Å². The summed E-state index contributed by atoms with van der Waals surface area (Å²) in [7, 11) is 0. The number of hydrogen-bond donors (Lipinski definition) is 0. The van der Waals surface area contributed by atoms with E-state index in [2.05, 4.69) is 6.92 Å². The van der Waals surface area contributed by atoms with E-state index in [4.69, 9.17) is 9.47 Å². The molecule has 1 aromatic rings. The Morgan fingerprint density at radius 2 is 2.21 bits per heavy atom. The van der Waals surface area contributed by atoms with Gasteiger partial charge in [0.05, 0.1) is 12.7 Å². The number of ether oxygens (including phenoxy) is 2. The predicted octanol–water partition coefficient (Wildman–Crippen LogP) is 3.20. The van der Waals surface area contributed by atoms with Gasteiger partial charge in [0.2, 0.25) is 0 Å². The number of benzene rings is 1. The van der Waals surface area contributed by atoms with Crippen molar-refractivity contribution >= 4 is 17.7 Å². The molecule has 4 heteroatoms. The topological polar surface area (TPSA) is 35.5 Å². The van der Waals surface area contributed by atoms with Crippen LogP contribution in [0.3, 0.4) is 0 Å². The average Bonchev–Trinajstić information content (AvgIpc) is 2.82. The van der Waals surface area contributed by atoms with Crippen LogP contribution in [0.4, 0.5) is 0 Å². The minimum Gasteiger partial charge on any atom is -0.465 e. The van der Waals surface area contributed by atoms with Gasteiger partial charge in [-0.3, -0.25) is 4.79 Å². The molecule has 3 nitrogen and oxygen atoms in total. The fourth-order valence-corrected chi connectivity index (χ4v) is 3.56. The molecule has 0 aromatic heterocycles. The zero-order valence-corrected chi connectivity index (χ0v) is 12.2. The van der Waals surface area contributed by atoms with Crippen molar-refractivity contribution in [2.75, 3.05) is 13.2 Å². The van der Waals surface area contributed by atoms with Crippen LogP contribution in [0.15, 0.2) is 30.3 Å². The Morgan fingerprint density at radius 3 is 2.79 bits per heavy atom. The molecule has 1 heterocycles. The third kappa shape index (κ3) is 3.74. The molecule has 3 atom stereocenters. The van der Waals surface area contributed by atoms with Gasteiger partial charge in [-0.05, 0) is 25.8 Å². The second-order valence-electron chi connectivity index (χ2n) is 4.58. The monoisotopic (exact) mass is 280 g/mol. The first-order valence-corrected chi connectivity index (χ1v) is 7.65. The first kappa shape index (κ1) is 14.4. The molecule has 0 amide bonds. The van der Waals surface area contributed by atoms with Gasteiger partial charge in [0, 0.05) is 11.9 Å². The Hall–Kier alpha value is -1.00. The first-order chi connectivity index (χ1) is 9.22. The summed E-state index contributed by atoms with van der Waals surface area (Å²) in [5, 5.41) is 0.102. The molecule has 2 rings (SSSR count). The quantitative estimate of drug-likeness (QED) is 0.776. The van der Waals surface area contributed by atoms with Crippen LogP contribution in [-0.2, 0) is 14.3 Å². The molecule has 1 aliphatic heterocycles. The second-order valence-corrected chi connectivity index (χ2v) is 5.93. The van der Waals surface area contributed by atoms with E-state index in [9.17, 15) is 4.79 Å². The SMILES string of the molecule is CCOC(=O)C(SC1CCOC1C)c1ccccc1. The molecular formula is C15H20O3S. The molecule has 0 aliphatic carbocycles. The minimum atomic E-state index is -0.254. The van der Waals surface area contributed by atoms with Crippen LogP contribution in [-0.4, -0.2) is 30.5 Å². The van der Waals surface area contributed by atoms with Crippen molar-refractivity contribution in [1.82, 2.24) is 0 Å². The van der Waals surface area contributed by atoms with Gasteiger partial charge in [-0.25, -0.2) is 0 Å². The van der Waals surface area contributed by atoms with Crippen molar-refractivity contribution in [3.05, 3.63) is 35.9 Å². The van der Waals surface area contributed by atoms with Crippen LogP contribution >= 0.6 is 11.8 Å². The maximum absolute atomic E-state index is 12.2. The van der Waals surface area contributed by atoms with Crippen molar-refractivity contribution < 1.29 is 14.3 Å². The summed E-state index contributed by atoms with van der Waals surface area (Å²) in [4.78, 5) is 12.2. The van der Waals surface area contributed by atoms with E-state index in [1.54, 1.807) is 11.8 Å². The van der Waals surface area contributed by atoms with E-state index in [-0.39, 0.29) is 17.3 Å². The summed E-state index contributed by atoms with van der Waals surface area (Å²) in [6.07, 6.45) is 1.19. The highest BCUT2D eigenvalue weighted by Crippen LogP contribution is 2.38. The molecule has 1 aromatic carbocycles. The summed E-state index contributed by atoms with van der Waals surface area (Å²) >= 11 is 1.66. The summed E-state index contributed by atoms with van der Waals surface area (Å²) in [5.74, 6) is -0.155. The largest absolute Gasteiger partial charge is 0.465 e. The lowest BCUT2D eigenvalue weighted by atomic mass is 10.1. The van der Waals surface area contributed by atoms with Crippen LogP contribution in [0.25, 0.3) is 0 Å². The number of carbonyl (C=O) groups is 1. The molecule has 0 N–H and O–H groups in total. The molecular weight excluding hydrogens is 260 g/mol. The molecule has 0 saturated carbocycles. The van der Waals surface area contributed by atoms with Crippen LogP contribution in [0, 0.1) is 0 Å². The van der Waals surface area contributed by atoms with Crippen LogP contribution in [0.2, 0.25) is 0 Å². The van der Waals surface area contributed by atoms with Gasteiger partial charge in [0.25, 0.3) is 0 Å². The molecule has 1 aliphatic rings. The van der Waals surface area contributed by atoms with Crippen molar-refractivity contribution in [1.29, 1.82) is 0 Å². The molecule has 19 heavy (non-hydrogen) atoms. The van der Waals surface area contributed by atoms with Crippen LogP contribution < -0.4 is 0 Å². The highest BCUT2D eigenvalue weighted by Gasteiger charge is 2.32. The summed E-state index contributed by atoms with van der Waals surface area (Å²) in [6, 6.07) is 9.83. The molecule has 1 saturated heterocycles. The summed E-state index contributed by atoms with van der Waals surface area (Å²) < 4.78 is 10.8. The zero-order chi connectivity index (χ0) is 13.7. The third-order valence-electron chi connectivity index (χ3n) is 3.22. The highest BCUT2D eigenvalue weighted by atomic mass is 32.2. The predicted molar refractivity (Wildman–Crippen MR) is 77.2 cm³/mol. The van der Waals surface area contributed by atoms with E-state index in [1.807, 2.05) is 37.3 Å². The number of rotatable bonds is 5. The summed E-state index contributed by atoms with van der Waals surface area (Å²) in [5.41, 5.74) is 1.00. The van der Waals surface area contributed by atoms with Gasteiger partial charge < -0.3 is 9.47 Å². The van der Waals surface area contributed by atoms with Crippen molar-refractivity contribution in [2.24, 2.45) is 0 Å². The lowest BCUT2D eigenvalue weighted by Crippen LogP contribution is -2.20. The lowest BCUT2D eigenvalue weighted by Gasteiger charge is -2.21. The molecule has 1 fully saturated rings. The summed E-state index contributed by atoms with van der Waals surface area (Å²) in [6.45, 7) is 5.10. The maximum atomic E-state index is 12.2. The molecule has 3 unspecified atom stereocenters. The second kappa shape index (κ2) is 6.96. The number of thioether (sulfide) groups is 1. The van der Waals surface area contributed by atoms with Gasteiger partial charge in [0.1, 0.15) is 5.25 Å². The van der Waals surface area contributed by atoms with E-state index in [0.29, 0.717) is 11.9 Å². The maximum Gasteiger partial charge on any atom is 0.323 e. The Kier molecular flexibility index (Phi) is 5.28. The van der Waals surface area contributed by atoms with Crippen molar-refractivity contribution in [3.8, 4) is 0 Å². The Labute approximate surface area is 118 Å². The highest BCUT2D eigenvalue weighted by molar-refractivity contribution is 8.00. The van der Waals surface area contributed by atoms with Crippen molar-refractivity contribution in [3.63, 3.8) is 0 Å². The minimum absolute atomic E-state index is 0.155. The Balaban J connectivity index is 2.12. The molecule has 0 radical (unpaired) electrons. The van der Waals surface area contributed by atoms with Gasteiger partial charge in [-0.1, -0.05) is 30.3 Å². The van der Waals surface area contributed by atoms with E-state index < -0.39 is 0 Å². The normalized spacial score (nSPS) is 24.1. The first-order valence-electron chi connectivity index (χ1n) is 6.71. The number of carbonyl (C=O) groups excluding carboxylic acids is 1. The molecule has 0 spiro atoms. The van der Waals surface area contributed by atoms with Crippen molar-refractivity contribution in [2.45, 2.75) is 36.9 Å². The van der Waals surface area contributed by atoms with Gasteiger partial charge in [-0.2, -0.15) is 0 Å². The fraction of sp³-hybridized carbons (Fsp3) is 0.533.